The lowest BCUT2D eigenvalue weighted by Crippen LogP contribution is -2.18. The maximum Gasteiger partial charge on any atom is 0.291 e. The topological polar surface area (TPSA) is 90.4 Å². The van der Waals surface area contributed by atoms with Crippen molar-refractivity contribution in [1.82, 2.24) is 15.6 Å². The van der Waals surface area contributed by atoms with E-state index >= 15 is 0 Å². The second-order valence-electron chi connectivity index (χ2n) is 5.69. The number of carbonyl (C=O) groups excluding carboxylic acids is 1. The van der Waals surface area contributed by atoms with Crippen molar-refractivity contribution in [2.24, 2.45) is 5.10 Å². The molecule has 0 unspecified atom stereocenters. The maximum absolute atomic E-state index is 12.3. The second kappa shape index (κ2) is 7.34. The van der Waals surface area contributed by atoms with E-state index in [-0.39, 0.29) is 11.4 Å². The number of hydrogen-bond acceptors (Lipinski definition) is 5. The Labute approximate surface area is 166 Å². The van der Waals surface area contributed by atoms with Gasteiger partial charge in [-0.15, -0.1) is 11.3 Å². The Hall–Kier alpha value is -2.97. The number of thiophene rings is 1. The van der Waals surface area contributed by atoms with E-state index in [1.807, 2.05) is 42.5 Å². The molecule has 8 heteroatoms. The van der Waals surface area contributed by atoms with Crippen LogP contribution in [0.25, 0.3) is 21.3 Å². The van der Waals surface area contributed by atoms with Crippen molar-refractivity contribution in [3.05, 3.63) is 69.6 Å². The molecule has 0 bridgehead atoms. The van der Waals surface area contributed by atoms with E-state index in [9.17, 15) is 9.90 Å². The number of phenols is 1. The zero-order valence-corrected chi connectivity index (χ0v) is 16.2. The number of benzene rings is 2. The summed E-state index contributed by atoms with van der Waals surface area (Å²) in [5.74, 6) is -0.346. The molecular formula is C19H13BrN4O2S. The van der Waals surface area contributed by atoms with Gasteiger partial charge in [0.2, 0.25) is 0 Å². The highest BCUT2D eigenvalue weighted by molar-refractivity contribution is 9.11. The molecule has 2 aromatic heterocycles. The standard InChI is InChI=1S/C19H13BrN4O2S/c20-18-8-7-17(27-18)14-9-15(23-22-14)19(26)24-21-10-13-12-4-2-1-3-11(12)5-6-16(13)25/h1-10,25H,(H,22,23)(H,24,26)/b21-10+. The molecule has 134 valence electrons. The van der Waals surface area contributed by atoms with Gasteiger partial charge in [-0.05, 0) is 51.0 Å². The first-order chi connectivity index (χ1) is 13.1. The van der Waals surface area contributed by atoms with E-state index in [2.05, 4.69) is 36.7 Å². The van der Waals surface area contributed by atoms with Crippen LogP contribution in [0, 0.1) is 0 Å². The molecule has 3 N–H and O–H groups in total. The van der Waals surface area contributed by atoms with Crippen LogP contribution in [0.3, 0.4) is 0 Å². The third kappa shape index (κ3) is 3.62. The Morgan fingerprint density at radius 3 is 2.89 bits per heavy atom. The molecule has 0 aliphatic rings. The molecule has 0 aliphatic carbocycles. The van der Waals surface area contributed by atoms with Crippen molar-refractivity contribution in [2.45, 2.75) is 0 Å². The van der Waals surface area contributed by atoms with E-state index < -0.39 is 5.91 Å². The van der Waals surface area contributed by atoms with E-state index in [1.54, 1.807) is 23.5 Å². The van der Waals surface area contributed by atoms with Gasteiger partial charge in [0.1, 0.15) is 5.75 Å². The van der Waals surface area contributed by atoms with Gasteiger partial charge in [0, 0.05) is 5.56 Å². The van der Waals surface area contributed by atoms with Crippen molar-refractivity contribution < 1.29 is 9.90 Å². The number of amides is 1. The van der Waals surface area contributed by atoms with Crippen LogP contribution in [-0.2, 0) is 0 Å². The van der Waals surface area contributed by atoms with Gasteiger partial charge in [-0.3, -0.25) is 9.89 Å². The molecule has 0 fully saturated rings. The summed E-state index contributed by atoms with van der Waals surface area (Å²) in [6.45, 7) is 0. The molecule has 2 heterocycles. The molecule has 2 aromatic carbocycles. The summed E-state index contributed by atoms with van der Waals surface area (Å²) < 4.78 is 0.998. The van der Waals surface area contributed by atoms with E-state index in [4.69, 9.17) is 0 Å². The number of hydrazone groups is 1. The fourth-order valence-electron chi connectivity index (χ4n) is 2.66. The van der Waals surface area contributed by atoms with Crippen LogP contribution >= 0.6 is 27.3 Å². The summed E-state index contributed by atoms with van der Waals surface area (Å²) in [4.78, 5) is 13.2. The molecule has 0 radical (unpaired) electrons. The number of H-pyrrole nitrogens is 1. The van der Waals surface area contributed by atoms with Crippen molar-refractivity contribution in [3.63, 3.8) is 0 Å². The Morgan fingerprint density at radius 2 is 2.07 bits per heavy atom. The minimum atomic E-state index is -0.441. The Balaban J connectivity index is 1.52. The van der Waals surface area contributed by atoms with Gasteiger partial charge >= 0.3 is 0 Å². The number of aromatic hydroxyl groups is 1. The third-order valence-corrected chi connectivity index (χ3v) is 5.61. The molecule has 0 atom stereocenters. The summed E-state index contributed by atoms with van der Waals surface area (Å²) >= 11 is 4.95. The fraction of sp³-hybridized carbons (Fsp3) is 0. The van der Waals surface area contributed by atoms with E-state index in [1.165, 1.54) is 6.21 Å². The average molecular weight is 441 g/mol. The molecule has 0 saturated carbocycles. The van der Waals surface area contributed by atoms with Crippen LogP contribution in [0.2, 0.25) is 0 Å². The van der Waals surface area contributed by atoms with Gasteiger partial charge in [-0.2, -0.15) is 10.2 Å². The second-order valence-corrected chi connectivity index (χ2v) is 8.15. The zero-order valence-electron chi connectivity index (χ0n) is 13.8. The molecular weight excluding hydrogens is 428 g/mol. The van der Waals surface area contributed by atoms with Gasteiger partial charge in [0.15, 0.2) is 5.69 Å². The van der Waals surface area contributed by atoms with Crippen molar-refractivity contribution in [3.8, 4) is 16.3 Å². The smallest absolute Gasteiger partial charge is 0.291 e. The van der Waals surface area contributed by atoms with Crippen LogP contribution in [0.4, 0.5) is 0 Å². The van der Waals surface area contributed by atoms with Crippen LogP contribution in [0.5, 0.6) is 5.75 Å². The van der Waals surface area contributed by atoms with Gasteiger partial charge in [0.25, 0.3) is 5.91 Å². The van der Waals surface area contributed by atoms with Crippen molar-refractivity contribution >= 4 is 50.2 Å². The summed E-state index contributed by atoms with van der Waals surface area (Å²) in [5.41, 5.74) is 3.97. The number of hydrogen-bond donors (Lipinski definition) is 3. The Kier molecular flexibility index (Phi) is 4.74. The number of phenolic OH excluding ortho intramolecular Hbond substituents is 1. The van der Waals surface area contributed by atoms with E-state index in [0.717, 1.165) is 25.1 Å². The molecule has 0 spiro atoms. The summed E-state index contributed by atoms with van der Waals surface area (Å²) in [6, 6.07) is 16.6. The fourth-order valence-corrected chi connectivity index (χ4v) is 4.01. The number of aromatic amines is 1. The van der Waals surface area contributed by atoms with Crippen LogP contribution in [0.1, 0.15) is 16.1 Å². The largest absolute Gasteiger partial charge is 0.507 e. The first-order valence-corrected chi connectivity index (χ1v) is 9.58. The highest BCUT2D eigenvalue weighted by Gasteiger charge is 2.12. The summed E-state index contributed by atoms with van der Waals surface area (Å²) in [7, 11) is 0. The minimum Gasteiger partial charge on any atom is -0.507 e. The van der Waals surface area contributed by atoms with E-state index in [0.29, 0.717) is 5.56 Å². The van der Waals surface area contributed by atoms with Gasteiger partial charge in [0.05, 0.1) is 20.6 Å². The SMILES string of the molecule is O=C(N/N=C/c1c(O)ccc2ccccc12)c1cc(-c2ccc(Br)s2)[nH]n1. The molecule has 0 saturated heterocycles. The lowest BCUT2D eigenvalue weighted by molar-refractivity contribution is 0.0950. The number of nitrogens with zero attached hydrogens (tertiary/aromatic N) is 2. The van der Waals surface area contributed by atoms with Gasteiger partial charge in [-0.25, -0.2) is 5.43 Å². The lowest BCUT2D eigenvalue weighted by atomic mass is 10.0. The highest BCUT2D eigenvalue weighted by atomic mass is 79.9. The number of aromatic nitrogens is 2. The predicted octanol–water partition coefficient (Wildman–Crippen LogP) is 4.52. The highest BCUT2D eigenvalue weighted by Crippen LogP contribution is 2.30. The molecule has 6 nitrogen and oxygen atoms in total. The quantitative estimate of drug-likeness (QED) is 0.321. The normalized spacial score (nSPS) is 11.3. The maximum atomic E-state index is 12.3. The first kappa shape index (κ1) is 17.4. The number of carbonyl (C=O) groups is 1. The Bertz CT molecular complexity index is 1170. The number of halogens is 1. The summed E-state index contributed by atoms with van der Waals surface area (Å²) in [5, 5.41) is 22.8. The molecule has 4 aromatic rings. The number of rotatable bonds is 4. The van der Waals surface area contributed by atoms with Crippen molar-refractivity contribution in [2.75, 3.05) is 0 Å². The molecule has 27 heavy (non-hydrogen) atoms. The molecule has 4 rings (SSSR count). The zero-order chi connectivity index (χ0) is 18.8. The Morgan fingerprint density at radius 1 is 1.22 bits per heavy atom. The minimum absolute atomic E-state index is 0.0945. The molecule has 1 amide bonds. The van der Waals surface area contributed by atoms with Crippen LogP contribution < -0.4 is 5.43 Å². The number of fused-ring (bicyclic) bond motifs is 1. The monoisotopic (exact) mass is 440 g/mol. The van der Waals surface area contributed by atoms with Gasteiger partial charge < -0.3 is 5.11 Å². The lowest BCUT2D eigenvalue weighted by Gasteiger charge is -2.04. The van der Waals surface area contributed by atoms with Crippen molar-refractivity contribution in [1.29, 1.82) is 0 Å². The van der Waals surface area contributed by atoms with Gasteiger partial charge in [-0.1, -0.05) is 30.3 Å². The first-order valence-electron chi connectivity index (χ1n) is 7.97. The summed E-state index contributed by atoms with van der Waals surface area (Å²) in [6.07, 6.45) is 1.43. The molecule has 0 aliphatic heterocycles. The third-order valence-electron chi connectivity index (χ3n) is 3.96. The van der Waals surface area contributed by atoms with Crippen LogP contribution in [0.15, 0.2) is 63.5 Å². The number of nitrogens with one attached hydrogen (secondary N) is 2. The average Bonchev–Trinajstić information content (AvgIpc) is 3.32. The predicted molar refractivity (Wildman–Crippen MR) is 110 cm³/mol. The van der Waals surface area contributed by atoms with Crippen LogP contribution in [-0.4, -0.2) is 27.4 Å².